The monoisotopic (exact) mass is 502 g/mol. The number of rotatable bonds is 8. The number of aliphatic hydroxyl groups excluding tert-OH is 2. The standard InChI is InChI=1S/C18H22N4O13/c1-31-9-10(11(13(19)26)34-16-8(25)5(23)4-6(32-16)15(27)28)33-14(12(9)35-17(20)29)22-3-2-7(24)21-18(22)30/h2-5,8-12,14,16,23,25H,1H3,(H2,19,26)(H2,20,29)(H,27,28)(H,21,24,30). The van der Waals surface area contributed by atoms with E-state index in [9.17, 15) is 34.2 Å². The summed E-state index contributed by atoms with van der Waals surface area (Å²) in [4.78, 5) is 60.8. The highest BCUT2D eigenvalue weighted by Gasteiger charge is 2.54. The molecule has 0 aliphatic carbocycles. The SMILES string of the molecule is COC1C(C(OC2OC(C(=O)O)=CC(O)C2O)C(N)=O)OC(n2ccc(=O)[nH]c2=O)C1OC(N)=O. The first-order valence-electron chi connectivity index (χ1n) is 9.83. The van der Waals surface area contributed by atoms with Gasteiger partial charge in [-0.3, -0.25) is 19.1 Å². The van der Waals surface area contributed by atoms with Crippen LogP contribution in [0, 0.1) is 0 Å². The van der Waals surface area contributed by atoms with Crippen LogP contribution >= 0.6 is 0 Å². The van der Waals surface area contributed by atoms with Gasteiger partial charge in [-0.15, -0.1) is 0 Å². The Morgan fingerprint density at radius 1 is 1.20 bits per heavy atom. The Morgan fingerprint density at radius 2 is 1.89 bits per heavy atom. The molecule has 1 saturated heterocycles. The van der Waals surface area contributed by atoms with Gasteiger partial charge in [0.2, 0.25) is 18.0 Å². The zero-order valence-electron chi connectivity index (χ0n) is 17.9. The smallest absolute Gasteiger partial charge is 0.405 e. The molecule has 0 aromatic carbocycles. The van der Waals surface area contributed by atoms with Gasteiger partial charge >= 0.3 is 17.8 Å². The molecule has 192 valence electrons. The van der Waals surface area contributed by atoms with E-state index in [1.807, 2.05) is 4.98 Å². The quantitative estimate of drug-likeness (QED) is 0.197. The zero-order chi connectivity index (χ0) is 26.0. The maximum absolute atomic E-state index is 12.3. The lowest BCUT2D eigenvalue weighted by Gasteiger charge is -2.34. The van der Waals surface area contributed by atoms with Crippen molar-refractivity contribution in [3.05, 3.63) is 44.9 Å². The van der Waals surface area contributed by atoms with Crippen molar-refractivity contribution in [3.63, 3.8) is 0 Å². The van der Waals surface area contributed by atoms with E-state index in [2.05, 4.69) is 0 Å². The third-order valence-electron chi connectivity index (χ3n) is 5.14. The lowest BCUT2D eigenvalue weighted by Crippen LogP contribution is -2.54. The maximum Gasteiger partial charge on any atom is 0.405 e. The molecule has 2 aliphatic heterocycles. The molecule has 17 nitrogen and oxygen atoms in total. The summed E-state index contributed by atoms with van der Waals surface area (Å²) in [6.45, 7) is 0. The number of nitrogens with one attached hydrogen (secondary N) is 1. The van der Waals surface area contributed by atoms with Crippen LogP contribution in [0.15, 0.2) is 33.7 Å². The first-order chi connectivity index (χ1) is 16.4. The number of aromatic amines is 1. The van der Waals surface area contributed by atoms with Gasteiger partial charge in [0.15, 0.2) is 18.4 Å². The van der Waals surface area contributed by atoms with E-state index in [1.165, 1.54) is 0 Å². The molecule has 1 aromatic heterocycles. The minimum absolute atomic E-state index is 0.714. The van der Waals surface area contributed by atoms with Crippen molar-refractivity contribution in [2.24, 2.45) is 11.5 Å². The van der Waals surface area contributed by atoms with Crippen molar-refractivity contribution in [1.82, 2.24) is 9.55 Å². The lowest BCUT2D eigenvalue weighted by atomic mass is 10.0. The Balaban J connectivity index is 1.97. The molecule has 2 aliphatic rings. The van der Waals surface area contributed by atoms with Gasteiger partial charge in [0.25, 0.3) is 5.56 Å². The number of H-pyrrole nitrogens is 1. The number of carbonyl (C=O) groups excluding carboxylic acids is 2. The molecule has 2 amide bonds. The molecule has 0 spiro atoms. The molecule has 3 rings (SSSR count). The van der Waals surface area contributed by atoms with Gasteiger partial charge in [-0.25, -0.2) is 14.4 Å². The Morgan fingerprint density at radius 3 is 2.43 bits per heavy atom. The predicted molar refractivity (Wildman–Crippen MR) is 107 cm³/mol. The molecular formula is C18H22N4O13. The number of amides is 2. The highest BCUT2D eigenvalue weighted by atomic mass is 16.7. The molecule has 8 atom stereocenters. The van der Waals surface area contributed by atoms with Gasteiger partial charge in [0, 0.05) is 19.4 Å². The van der Waals surface area contributed by atoms with Gasteiger partial charge in [-0.1, -0.05) is 0 Å². The number of carbonyl (C=O) groups is 3. The fourth-order valence-electron chi connectivity index (χ4n) is 3.62. The summed E-state index contributed by atoms with van der Waals surface area (Å²) >= 11 is 0. The number of hydrogen-bond donors (Lipinski definition) is 6. The molecule has 0 saturated carbocycles. The number of ether oxygens (including phenoxy) is 5. The molecule has 17 heteroatoms. The van der Waals surface area contributed by atoms with Crippen molar-refractivity contribution in [1.29, 1.82) is 0 Å². The second-order valence-corrected chi connectivity index (χ2v) is 7.37. The topological polar surface area (TPSA) is 265 Å². The van der Waals surface area contributed by atoms with Crippen LogP contribution in [-0.2, 0) is 33.3 Å². The van der Waals surface area contributed by atoms with Gasteiger partial charge in [-0.05, 0) is 6.08 Å². The number of aliphatic carboxylic acids is 1. The highest BCUT2D eigenvalue weighted by molar-refractivity contribution is 5.84. The Kier molecular flexibility index (Phi) is 7.56. The summed E-state index contributed by atoms with van der Waals surface area (Å²) in [5.74, 6) is -3.60. The van der Waals surface area contributed by atoms with Gasteiger partial charge in [-0.2, -0.15) is 0 Å². The van der Waals surface area contributed by atoms with Crippen LogP contribution in [-0.4, -0.2) is 92.9 Å². The molecule has 8 N–H and O–H groups in total. The Hall–Kier alpha value is -3.77. The average molecular weight is 502 g/mol. The molecule has 1 fully saturated rings. The highest BCUT2D eigenvalue weighted by Crippen LogP contribution is 2.36. The summed E-state index contributed by atoms with van der Waals surface area (Å²) in [6.07, 6.45) is -12.9. The first-order valence-corrected chi connectivity index (χ1v) is 9.83. The van der Waals surface area contributed by atoms with Crippen LogP contribution in [0.2, 0.25) is 0 Å². The molecule has 3 heterocycles. The van der Waals surface area contributed by atoms with Gasteiger partial charge in [0.1, 0.15) is 24.4 Å². The van der Waals surface area contributed by atoms with Crippen LogP contribution in [0.25, 0.3) is 0 Å². The number of nitrogens with zero attached hydrogens (tertiary/aromatic N) is 1. The van der Waals surface area contributed by atoms with E-state index in [1.54, 1.807) is 0 Å². The minimum Gasteiger partial charge on any atom is -0.475 e. The first kappa shape index (κ1) is 25.8. The third kappa shape index (κ3) is 5.33. The van der Waals surface area contributed by atoms with Crippen molar-refractivity contribution < 1.29 is 53.4 Å². The number of hydrogen-bond acceptors (Lipinski definition) is 12. The summed E-state index contributed by atoms with van der Waals surface area (Å²) in [5.41, 5.74) is 8.83. The predicted octanol–water partition coefficient (Wildman–Crippen LogP) is -4.17. The fraction of sp³-hybridized carbons (Fsp3) is 0.500. The molecule has 0 radical (unpaired) electrons. The average Bonchev–Trinajstić information content (AvgIpc) is 3.10. The third-order valence-corrected chi connectivity index (χ3v) is 5.14. The van der Waals surface area contributed by atoms with Crippen LogP contribution < -0.4 is 22.7 Å². The zero-order valence-corrected chi connectivity index (χ0v) is 17.9. The number of aromatic nitrogens is 2. The second kappa shape index (κ2) is 10.2. The minimum atomic E-state index is -1.91. The van der Waals surface area contributed by atoms with E-state index >= 15 is 0 Å². The number of aliphatic hydroxyl groups is 2. The van der Waals surface area contributed by atoms with Crippen LogP contribution in [0.5, 0.6) is 0 Å². The number of carboxylic acids is 1. The second-order valence-electron chi connectivity index (χ2n) is 7.37. The van der Waals surface area contributed by atoms with E-state index in [0.29, 0.717) is 6.08 Å². The molecule has 8 unspecified atom stereocenters. The number of carboxylic acid groups (broad SMARTS) is 1. The van der Waals surface area contributed by atoms with Crippen molar-refractivity contribution >= 4 is 18.0 Å². The van der Waals surface area contributed by atoms with Crippen LogP contribution in [0.3, 0.4) is 0 Å². The van der Waals surface area contributed by atoms with Gasteiger partial charge < -0.3 is 50.5 Å². The number of methoxy groups -OCH3 is 1. The molecule has 35 heavy (non-hydrogen) atoms. The summed E-state index contributed by atoms with van der Waals surface area (Å²) in [5, 5.41) is 29.2. The summed E-state index contributed by atoms with van der Waals surface area (Å²) in [6, 6.07) is 0.969. The lowest BCUT2D eigenvalue weighted by molar-refractivity contribution is -0.242. The Labute approximate surface area is 194 Å². The number of nitrogens with two attached hydrogens (primary N) is 2. The van der Waals surface area contributed by atoms with E-state index in [-0.39, 0.29) is 0 Å². The van der Waals surface area contributed by atoms with E-state index in [4.69, 9.17) is 40.3 Å². The van der Waals surface area contributed by atoms with Crippen LogP contribution in [0.4, 0.5) is 4.79 Å². The fourth-order valence-corrected chi connectivity index (χ4v) is 3.62. The van der Waals surface area contributed by atoms with Gasteiger partial charge in [0.05, 0.1) is 0 Å². The van der Waals surface area contributed by atoms with E-state index < -0.39 is 84.1 Å². The number of primary amides is 2. The maximum atomic E-state index is 12.3. The molecule has 1 aromatic rings. The van der Waals surface area contributed by atoms with Crippen molar-refractivity contribution in [2.75, 3.05) is 7.11 Å². The normalized spacial score (nSPS) is 31.2. The summed E-state index contributed by atoms with van der Waals surface area (Å²) < 4.78 is 27.2. The summed E-state index contributed by atoms with van der Waals surface area (Å²) in [7, 11) is 1.13. The van der Waals surface area contributed by atoms with E-state index in [0.717, 1.165) is 23.9 Å². The Bertz CT molecular complexity index is 1130. The van der Waals surface area contributed by atoms with Crippen molar-refractivity contribution in [2.45, 2.75) is 49.1 Å². The van der Waals surface area contributed by atoms with Crippen molar-refractivity contribution in [3.8, 4) is 0 Å². The molecular weight excluding hydrogens is 480 g/mol. The molecule has 0 bridgehead atoms. The van der Waals surface area contributed by atoms with Crippen LogP contribution in [0.1, 0.15) is 6.23 Å². The largest absolute Gasteiger partial charge is 0.475 e.